The van der Waals surface area contributed by atoms with Crippen molar-refractivity contribution in [1.29, 1.82) is 5.26 Å². The van der Waals surface area contributed by atoms with Gasteiger partial charge in [-0.1, -0.05) is 37.6 Å². The maximum Gasteiger partial charge on any atom is 0.267 e. The fraction of sp³-hybridized carbons (Fsp3) is 0.267. The number of rotatable bonds is 3. The average Bonchev–Trinajstić information content (AvgIpc) is 2.43. The fourth-order valence-corrected chi connectivity index (χ4v) is 1.95. The van der Waals surface area contributed by atoms with Gasteiger partial charge in [0.2, 0.25) is 0 Å². The zero-order chi connectivity index (χ0) is 13.8. The molecular weight excluding hydrogens is 238 g/mol. The molecule has 0 unspecified atom stereocenters. The van der Waals surface area contributed by atoms with Gasteiger partial charge in [0, 0.05) is 18.7 Å². The molecule has 0 aliphatic carbocycles. The highest BCUT2D eigenvalue weighted by molar-refractivity contribution is 5.65. The second-order valence-electron chi connectivity index (χ2n) is 4.43. The first-order valence-corrected chi connectivity index (χ1v) is 6.23. The van der Waals surface area contributed by atoms with Crippen LogP contribution in [-0.4, -0.2) is 9.78 Å². The van der Waals surface area contributed by atoms with Crippen LogP contribution >= 0.6 is 0 Å². The molecule has 0 N–H and O–H groups in total. The SMILES string of the molecule is CCCc1ccc(-c2nn(C)c(=O)cc2C#N)cc1. The van der Waals surface area contributed by atoms with Crippen molar-refractivity contribution in [3.8, 4) is 17.3 Å². The Hall–Kier alpha value is -2.41. The molecule has 2 aromatic rings. The summed E-state index contributed by atoms with van der Waals surface area (Å²) in [5, 5.41) is 13.3. The van der Waals surface area contributed by atoms with Gasteiger partial charge in [-0.05, 0) is 12.0 Å². The summed E-state index contributed by atoms with van der Waals surface area (Å²) >= 11 is 0. The molecule has 0 fully saturated rings. The zero-order valence-corrected chi connectivity index (χ0v) is 11.1. The first-order valence-electron chi connectivity index (χ1n) is 6.23. The van der Waals surface area contributed by atoms with E-state index in [2.05, 4.69) is 12.0 Å². The Morgan fingerprint density at radius 2 is 2.00 bits per heavy atom. The standard InChI is InChI=1S/C15H15N3O/c1-3-4-11-5-7-12(8-6-11)15-13(10-16)9-14(19)18(2)17-15/h5-9H,3-4H2,1-2H3. The number of aromatic nitrogens is 2. The van der Waals surface area contributed by atoms with Crippen LogP contribution in [0.5, 0.6) is 0 Å². The van der Waals surface area contributed by atoms with Crippen molar-refractivity contribution in [1.82, 2.24) is 9.78 Å². The number of nitriles is 1. The van der Waals surface area contributed by atoms with E-state index in [4.69, 9.17) is 5.26 Å². The summed E-state index contributed by atoms with van der Waals surface area (Å²) in [4.78, 5) is 11.5. The summed E-state index contributed by atoms with van der Waals surface area (Å²) in [5.74, 6) is 0. The molecule has 1 aromatic heterocycles. The van der Waals surface area contributed by atoms with Gasteiger partial charge in [0.15, 0.2) is 0 Å². The van der Waals surface area contributed by atoms with E-state index in [-0.39, 0.29) is 5.56 Å². The van der Waals surface area contributed by atoms with E-state index in [0.29, 0.717) is 11.3 Å². The number of hydrogen-bond donors (Lipinski definition) is 0. The van der Waals surface area contributed by atoms with E-state index in [1.165, 1.54) is 16.3 Å². The third-order valence-corrected chi connectivity index (χ3v) is 2.98. The summed E-state index contributed by atoms with van der Waals surface area (Å²) in [7, 11) is 1.58. The van der Waals surface area contributed by atoms with E-state index in [0.717, 1.165) is 18.4 Å². The van der Waals surface area contributed by atoms with Gasteiger partial charge in [0.25, 0.3) is 5.56 Å². The zero-order valence-electron chi connectivity index (χ0n) is 11.1. The highest BCUT2D eigenvalue weighted by Gasteiger charge is 2.09. The van der Waals surface area contributed by atoms with E-state index in [9.17, 15) is 4.79 Å². The Morgan fingerprint density at radius 1 is 1.32 bits per heavy atom. The molecule has 0 aliphatic rings. The summed E-state index contributed by atoms with van der Waals surface area (Å²) < 4.78 is 1.25. The normalized spacial score (nSPS) is 10.2. The van der Waals surface area contributed by atoms with Gasteiger partial charge in [-0.3, -0.25) is 4.79 Å². The van der Waals surface area contributed by atoms with Crippen LogP contribution in [0.1, 0.15) is 24.5 Å². The molecule has 0 radical (unpaired) electrons. The molecule has 19 heavy (non-hydrogen) atoms. The predicted octanol–water partition coefficient (Wildman–Crippen LogP) is 2.27. The van der Waals surface area contributed by atoms with Crippen LogP contribution in [-0.2, 0) is 13.5 Å². The van der Waals surface area contributed by atoms with Crippen LogP contribution in [0.25, 0.3) is 11.3 Å². The van der Waals surface area contributed by atoms with Gasteiger partial charge >= 0.3 is 0 Å². The van der Waals surface area contributed by atoms with E-state index < -0.39 is 0 Å². The monoisotopic (exact) mass is 253 g/mol. The molecule has 0 amide bonds. The first kappa shape index (κ1) is 13.0. The molecule has 1 aromatic carbocycles. The molecular formula is C15H15N3O. The third kappa shape index (κ3) is 2.71. The van der Waals surface area contributed by atoms with Crippen LogP contribution in [0.4, 0.5) is 0 Å². The molecule has 4 heteroatoms. The van der Waals surface area contributed by atoms with Crippen LogP contribution in [0.15, 0.2) is 35.1 Å². The van der Waals surface area contributed by atoms with Crippen LogP contribution in [0.3, 0.4) is 0 Å². The van der Waals surface area contributed by atoms with Crippen molar-refractivity contribution in [2.24, 2.45) is 7.05 Å². The Balaban J connectivity index is 2.49. The lowest BCUT2D eigenvalue weighted by molar-refractivity contribution is 0.710. The Morgan fingerprint density at radius 3 is 2.58 bits per heavy atom. The molecule has 0 spiro atoms. The minimum atomic E-state index is -0.275. The van der Waals surface area contributed by atoms with Gasteiger partial charge in [-0.15, -0.1) is 0 Å². The fourth-order valence-electron chi connectivity index (χ4n) is 1.95. The topological polar surface area (TPSA) is 58.7 Å². The Labute approximate surface area is 111 Å². The van der Waals surface area contributed by atoms with Gasteiger partial charge < -0.3 is 0 Å². The van der Waals surface area contributed by atoms with Crippen molar-refractivity contribution in [3.05, 3.63) is 51.8 Å². The van der Waals surface area contributed by atoms with Crippen LogP contribution in [0, 0.1) is 11.3 Å². The molecule has 1 heterocycles. The van der Waals surface area contributed by atoms with Crippen LogP contribution in [0.2, 0.25) is 0 Å². The number of nitrogens with zero attached hydrogens (tertiary/aromatic N) is 3. The van der Waals surface area contributed by atoms with Gasteiger partial charge in [0.1, 0.15) is 11.8 Å². The molecule has 0 saturated carbocycles. The lowest BCUT2D eigenvalue weighted by Crippen LogP contribution is -2.20. The largest absolute Gasteiger partial charge is 0.268 e. The molecule has 0 aliphatic heterocycles. The predicted molar refractivity (Wildman–Crippen MR) is 73.6 cm³/mol. The van der Waals surface area contributed by atoms with E-state index in [1.54, 1.807) is 7.05 Å². The van der Waals surface area contributed by atoms with Crippen molar-refractivity contribution in [2.75, 3.05) is 0 Å². The van der Waals surface area contributed by atoms with Gasteiger partial charge in [0.05, 0.1) is 5.56 Å². The minimum Gasteiger partial charge on any atom is -0.268 e. The van der Waals surface area contributed by atoms with Crippen molar-refractivity contribution in [2.45, 2.75) is 19.8 Å². The minimum absolute atomic E-state index is 0.275. The maximum atomic E-state index is 11.5. The van der Waals surface area contributed by atoms with Crippen molar-refractivity contribution >= 4 is 0 Å². The van der Waals surface area contributed by atoms with E-state index >= 15 is 0 Å². The number of aryl methyl sites for hydroxylation is 2. The number of benzene rings is 1. The molecule has 0 bridgehead atoms. The second-order valence-corrected chi connectivity index (χ2v) is 4.43. The van der Waals surface area contributed by atoms with Gasteiger partial charge in [-0.25, -0.2) is 4.68 Å². The second kappa shape index (κ2) is 5.49. The Bertz CT molecular complexity index is 678. The molecule has 96 valence electrons. The van der Waals surface area contributed by atoms with Crippen LogP contribution < -0.4 is 5.56 Å². The molecule has 0 saturated heterocycles. The number of hydrogen-bond acceptors (Lipinski definition) is 3. The third-order valence-electron chi connectivity index (χ3n) is 2.98. The summed E-state index contributed by atoms with van der Waals surface area (Å²) in [6.07, 6.45) is 2.13. The summed E-state index contributed by atoms with van der Waals surface area (Å²) in [6, 6.07) is 11.3. The molecule has 0 atom stereocenters. The highest BCUT2D eigenvalue weighted by atomic mass is 16.1. The smallest absolute Gasteiger partial charge is 0.267 e. The summed E-state index contributed by atoms with van der Waals surface area (Å²) in [6.45, 7) is 2.14. The average molecular weight is 253 g/mol. The van der Waals surface area contributed by atoms with Crippen molar-refractivity contribution < 1.29 is 0 Å². The maximum absolute atomic E-state index is 11.5. The van der Waals surface area contributed by atoms with E-state index in [1.807, 2.05) is 30.3 Å². The summed E-state index contributed by atoms with van der Waals surface area (Å²) in [5.41, 5.74) is 2.70. The highest BCUT2D eigenvalue weighted by Crippen LogP contribution is 2.20. The Kier molecular flexibility index (Phi) is 3.76. The molecule has 4 nitrogen and oxygen atoms in total. The van der Waals surface area contributed by atoms with Crippen molar-refractivity contribution in [3.63, 3.8) is 0 Å². The molecule has 2 rings (SSSR count). The lowest BCUT2D eigenvalue weighted by atomic mass is 10.0. The first-order chi connectivity index (χ1) is 9.15. The lowest BCUT2D eigenvalue weighted by Gasteiger charge is -2.06. The quantitative estimate of drug-likeness (QED) is 0.843. The van der Waals surface area contributed by atoms with Gasteiger partial charge in [-0.2, -0.15) is 10.4 Å².